The monoisotopic (exact) mass is 212 g/mol. The van der Waals surface area contributed by atoms with Crippen LogP contribution in [0.4, 0.5) is 0 Å². The molecule has 1 aliphatic rings. The second-order valence-corrected chi connectivity index (χ2v) is 4.94. The summed E-state index contributed by atoms with van der Waals surface area (Å²) in [7, 11) is 1.71. The number of nitrogens with one attached hydrogen (secondary N) is 2. The van der Waals surface area contributed by atoms with Gasteiger partial charge in [0.2, 0.25) is 5.91 Å². The third-order valence-electron chi connectivity index (χ3n) is 3.06. The first kappa shape index (κ1) is 12.5. The van der Waals surface area contributed by atoms with Gasteiger partial charge in [-0.3, -0.25) is 4.79 Å². The van der Waals surface area contributed by atoms with Crippen molar-refractivity contribution in [2.75, 3.05) is 7.05 Å². The minimum atomic E-state index is -0.00176. The van der Waals surface area contributed by atoms with Crippen LogP contribution in [0.15, 0.2) is 0 Å². The molecule has 1 saturated carbocycles. The minimum Gasteiger partial charge on any atom is -0.358 e. The summed E-state index contributed by atoms with van der Waals surface area (Å²) in [4.78, 5) is 11.7. The van der Waals surface area contributed by atoms with Crippen LogP contribution in [0.3, 0.4) is 0 Å². The van der Waals surface area contributed by atoms with Crippen molar-refractivity contribution >= 4 is 5.91 Å². The van der Waals surface area contributed by atoms with Crippen molar-refractivity contribution in [1.82, 2.24) is 10.6 Å². The molecule has 1 amide bonds. The summed E-state index contributed by atoms with van der Waals surface area (Å²) in [6.45, 7) is 4.32. The topological polar surface area (TPSA) is 41.1 Å². The van der Waals surface area contributed by atoms with E-state index in [4.69, 9.17) is 0 Å². The van der Waals surface area contributed by atoms with Crippen LogP contribution in [-0.2, 0) is 4.79 Å². The number of amides is 1. The Morgan fingerprint density at radius 1 is 1.33 bits per heavy atom. The maximum Gasteiger partial charge on any atom is 0.236 e. The summed E-state index contributed by atoms with van der Waals surface area (Å²) in [5.41, 5.74) is 0. The van der Waals surface area contributed by atoms with Gasteiger partial charge in [0.05, 0.1) is 6.04 Å². The smallest absolute Gasteiger partial charge is 0.236 e. The summed E-state index contributed by atoms with van der Waals surface area (Å²) in [5.74, 6) is 0.691. The van der Waals surface area contributed by atoms with E-state index in [9.17, 15) is 4.79 Å². The molecule has 0 spiro atoms. The van der Waals surface area contributed by atoms with Crippen LogP contribution >= 0.6 is 0 Å². The van der Waals surface area contributed by atoms with Gasteiger partial charge in [0.1, 0.15) is 0 Å². The molecule has 1 rings (SSSR count). The molecule has 1 fully saturated rings. The maximum absolute atomic E-state index is 11.7. The zero-order valence-electron chi connectivity index (χ0n) is 10.2. The SMILES string of the molecule is CNC(=O)C(CC(C)C)NC1CCCC1. The van der Waals surface area contributed by atoms with Gasteiger partial charge in [-0.25, -0.2) is 0 Å². The third kappa shape index (κ3) is 4.20. The van der Waals surface area contributed by atoms with Gasteiger partial charge in [0, 0.05) is 13.1 Å². The number of carbonyl (C=O) groups is 1. The number of hydrogen-bond acceptors (Lipinski definition) is 2. The fourth-order valence-corrected chi connectivity index (χ4v) is 2.27. The first-order valence-electron chi connectivity index (χ1n) is 6.11. The van der Waals surface area contributed by atoms with E-state index in [2.05, 4.69) is 24.5 Å². The highest BCUT2D eigenvalue weighted by molar-refractivity contribution is 5.81. The largest absolute Gasteiger partial charge is 0.358 e. The molecule has 0 aliphatic heterocycles. The lowest BCUT2D eigenvalue weighted by molar-refractivity contribution is -0.123. The fourth-order valence-electron chi connectivity index (χ4n) is 2.27. The predicted octanol–water partition coefficient (Wildman–Crippen LogP) is 1.68. The van der Waals surface area contributed by atoms with Gasteiger partial charge < -0.3 is 10.6 Å². The number of rotatable bonds is 5. The van der Waals surface area contributed by atoms with Crippen molar-refractivity contribution in [3.8, 4) is 0 Å². The van der Waals surface area contributed by atoms with Crippen LogP contribution < -0.4 is 10.6 Å². The van der Waals surface area contributed by atoms with E-state index in [1.54, 1.807) is 7.05 Å². The molecule has 1 aliphatic carbocycles. The van der Waals surface area contributed by atoms with Crippen LogP contribution in [0.5, 0.6) is 0 Å². The van der Waals surface area contributed by atoms with Crippen LogP contribution in [0.25, 0.3) is 0 Å². The molecule has 1 unspecified atom stereocenters. The number of hydrogen-bond donors (Lipinski definition) is 2. The molecule has 0 saturated heterocycles. The highest BCUT2D eigenvalue weighted by Crippen LogP contribution is 2.19. The van der Waals surface area contributed by atoms with Crippen LogP contribution in [0.2, 0.25) is 0 Å². The Kier molecular flexibility index (Phi) is 5.09. The molecule has 88 valence electrons. The lowest BCUT2D eigenvalue weighted by Crippen LogP contribution is -2.47. The average molecular weight is 212 g/mol. The standard InChI is InChI=1S/C12H24N2O/c1-9(2)8-11(12(15)13-3)14-10-6-4-5-7-10/h9-11,14H,4-8H2,1-3H3,(H,13,15). The van der Waals surface area contributed by atoms with Crippen molar-refractivity contribution in [3.05, 3.63) is 0 Å². The van der Waals surface area contributed by atoms with E-state index >= 15 is 0 Å². The average Bonchev–Trinajstić information content (AvgIpc) is 2.67. The van der Waals surface area contributed by atoms with Crippen molar-refractivity contribution < 1.29 is 4.79 Å². The van der Waals surface area contributed by atoms with E-state index in [0.29, 0.717) is 12.0 Å². The van der Waals surface area contributed by atoms with Gasteiger partial charge in [-0.15, -0.1) is 0 Å². The zero-order valence-corrected chi connectivity index (χ0v) is 10.2. The molecule has 0 bridgehead atoms. The minimum absolute atomic E-state index is 0.00176. The molecule has 0 radical (unpaired) electrons. The Morgan fingerprint density at radius 3 is 2.40 bits per heavy atom. The molecular formula is C12H24N2O. The third-order valence-corrected chi connectivity index (χ3v) is 3.06. The van der Waals surface area contributed by atoms with Gasteiger partial charge in [0.25, 0.3) is 0 Å². The van der Waals surface area contributed by atoms with Gasteiger partial charge in [-0.2, -0.15) is 0 Å². The molecule has 3 heteroatoms. The molecule has 0 aromatic heterocycles. The van der Waals surface area contributed by atoms with Crippen LogP contribution in [0.1, 0.15) is 46.0 Å². The Balaban J connectivity index is 2.43. The Hall–Kier alpha value is -0.570. The second kappa shape index (κ2) is 6.11. The van der Waals surface area contributed by atoms with E-state index in [1.807, 2.05) is 0 Å². The summed E-state index contributed by atoms with van der Waals surface area (Å²) in [5, 5.41) is 6.23. The van der Waals surface area contributed by atoms with Gasteiger partial charge in [-0.05, 0) is 25.2 Å². The van der Waals surface area contributed by atoms with Gasteiger partial charge >= 0.3 is 0 Å². The first-order chi connectivity index (χ1) is 7.13. The molecule has 2 N–H and O–H groups in total. The van der Waals surface area contributed by atoms with Crippen LogP contribution in [0, 0.1) is 5.92 Å². The molecule has 15 heavy (non-hydrogen) atoms. The fraction of sp³-hybridized carbons (Fsp3) is 0.917. The van der Waals surface area contributed by atoms with Crippen molar-refractivity contribution in [3.63, 3.8) is 0 Å². The molecule has 0 aromatic rings. The predicted molar refractivity (Wildman–Crippen MR) is 62.7 cm³/mol. The quantitative estimate of drug-likeness (QED) is 0.728. The summed E-state index contributed by atoms with van der Waals surface area (Å²) in [6.07, 6.45) is 5.99. The van der Waals surface area contributed by atoms with E-state index in [0.717, 1.165) is 6.42 Å². The number of likely N-dealkylation sites (N-methyl/N-ethyl adjacent to an activating group) is 1. The van der Waals surface area contributed by atoms with Gasteiger partial charge in [0.15, 0.2) is 0 Å². The van der Waals surface area contributed by atoms with Crippen molar-refractivity contribution in [2.45, 2.75) is 58.0 Å². The maximum atomic E-state index is 11.7. The summed E-state index contributed by atoms with van der Waals surface area (Å²) in [6, 6.07) is 0.559. The molecule has 0 heterocycles. The molecule has 0 aromatic carbocycles. The lowest BCUT2D eigenvalue weighted by Gasteiger charge is -2.23. The zero-order chi connectivity index (χ0) is 11.3. The first-order valence-corrected chi connectivity index (χ1v) is 6.11. The second-order valence-electron chi connectivity index (χ2n) is 4.94. The Labute approximate surface area is 93.0 Å². The van der Waals surface area contributed by atoms with Crippen molar-refractivity contribution in [2.24, 2.45) is 5.92 Å². The van der Waals surface area contributed by atoms with Crippen LogP contribution in [-0.4, -0.2) is 25.0 Å². The molecular weight excluding hydrogens is 188 g/mol. The van der Waals surface area contributed by atoms with E-state index in [1.165, 1.54) is 25.7 Å². The van der Waals surface area contributed by atoms with Crippen molar-refractivity contribution in [1.29, 1.82) is 0 Å². The molecule has 1 atom stereocenters. The Morgan fingerprint density at radius 2 is 1.93 bits per heavy atom. The van der Waals surface area contributed by atoms with Gasteiger partial charge in [-0.1, -0.05) is 26.7 Å². The molecule has 3 nitrogen and oxygen atoms in total. The highest BCUT2D eigenvalue weighted by atomic mass is 16.2. The lowest BCUT2D eigenvalue weighted by atomic mass is 10.0. The normalized spacial score (nSPS) is 19.5. The highest BCUT2D eigenvalue weighted by Gasteiger charge is 2.23. The summed E-state index contributed by atoms with van der Waals surface area (Å²) < 4.78 is 0. The number of carbonyl (C=O) groups excluding carboxylic acids is 1. The van der Waals surface area contributed by atoms with E-state index in [-0.39, 0.29) is 11.9 Å². The Bertz CT molecular complexity index is 198. The van der Waals surface area contributed by atoms with E-state index < -0.39 is 0 Å². The summed E-state index contributed by atoms with van der Waals surface area (Å²) >= 11 is 0.